The molecule has 2 rings (SSSR count). The molecule has 1 heterocycles. The number of benzene rings is 1. The zero-order chi connectivity index (χ0) is 15.4. The van der Waals surface area contributed by atoms with Crippen LogP contribution in [0, 0.1) is 0 Å². The van der Waals surface area contributed by atoms with E-state index in [1.165, 1.54) is 11.8 Å². The molecule has 2 aromatic rings. The van der Waals surface area contributed by atoms with E-state index in [1.807, 2.05) is 12.1 Å². The summed E-state index contributed by atoms with van der Waals surface area (Å²) < 4.78 is 7.38. The molecule has 0 aliphatic heterocycles. The van der Waals surface area contributed by atoms with Crippen molar-refractivity contribution in [2.45, 2.75) is 23.9 Å². The van der Waals surface area contributed by atoms with Crippen LogP contribution in [0.1, 0.15) is 12.7 Å². The van der Waals surface area contributed by atoms with Crippen LogP contribution in [0.3, 0.4) is 0 Å². The molecule has 0 spiro atoms. The number of primary amides is 1. The number of rotatable bonds is 6. The fourth-order valence-electron chi connectivity index (χ4n) is 1.49. The van der Waals surface area contributed by atoms with Gasteiger partial charge in [-0.15, -0.1) is 10.2 Å². The molecule has 0 saturated heterocycles. The van der Waals surface area contributed by atoms with E-state index in [4.69, 9.17) is 22.1 Å². The summed E-state index contributed by atoms with van der Waals surface area (Å²) >= 11 is 7.27. The first kappa shape index (κ1) is 15.7. The Morgan fingerprint density at radius 2 is 2.19 bits per heavy atom. The number of ether oxygens (including phenoxy) is 1. The second-order valence-electron chi connectivity index (χ2n) is 4.34. The molecule has 0 aliphatic carbocycles. The fourth-order valence-corrected chi connectivity index (χ4v) is 2.47. The van der Waals surface area contributed by atoms with Gasteiger partial charge in [-0.2, -0.15) is 0 Å². The predicted molar refractivity (Wildman–Crippen MR) is 81.3 cm³/mol. The van der Waals surface area contributed by atoms with Gasteiger partial charge in [0, 0.05) is 7.05 Å². The van der Waals surface area contributed by atoms with Gasteiger partial charge < -0.3 is 15.0 Å². The lowest BCUT2D eigenvalue weighted by Gasteiger charge is -2.08. The average molecular weight is 327 g/mol. The zero-order valence-electron chi connectivity index (χ0n) is 11.6. The maximum absolute atomic E-state index is 11.1. The van der Waals surface area contributed by atoms with E-state index in [9.17, 15) is 4.79 Å². The number of halogens is 1. The van der Waals surface area contributed by atoms with Crippen LogP contribution < -0.4 is 10.5 Å². The van der Waals surface area contributed by atoms with Crippen molar-refractivity contribution >= 4 is 29.3 Å². The van der Waals surface area contributed by atoms with Gasteiger partial charge in [-0.1, -0.05) is 35.5 Å². The van der Waals surface area contributed by atoms with E-state index in [0.29, 0.717) is 21.8 Å². The summed E-state index contributed by atoms with van der Waals surface area (Å²) in [6.07, 6.45) is 0. The van der Waals surface area contributed by atoms with Gasteiger partial charge in [0.15, 0.2) is 11.0 Å². The Kier molecular flexibility index (Phi) is 5.08. The summed E-state index contributed by atoms with van der Waals surface area (Å²) in [5.74, 6) is 0.827. The van der Waals surface area contributed by atoms with Crippen molar-refractivity contribution in [3.05, 3.63) is 35.1 Å². The Labute approximate surface area is 131 Å². The van der Waals surface area contributed by atoms with Crippen molar-refractivity contribution in [1.29, 1.82) is 0 Å². The van der Waals surface area contributed by atoms with Crippen LogP contribution in [0.15, 0.2) is 29.4 Å². The maximum atomic E-state index is 11.1. The number of carbonyl (C=O) groups excluding carboxylic acids is 1. The van der Waals surface area contributed by atoms with Crippen LogP contribution in [0.2, 0.25) is 5.02 Å². The number of thioether (sulfide) groups is 1. The first-order valence-electron chi connectivity index (χ1n) is 6.20. The third kappa shape index (κ3) is 3.89. The third-order valence-electron chi connectivity index (χ3n) is 2.80. The Morgan fingerprint density at radius 3 is 2.86 bits per heavy atom. The highest BCUT2D eigenvalue weighted by Gasteiger charge is 2.16. The van der Waals surface area contributed by atoms with E-state index in [1.54, 1.807) is 30.7 Å². The quantitative estimate of drug-likeness (QED) is 0.821. The van der Waals surface area contributed by atoms with E-state index >= 15 is 0 Å². The van der Waals surface area contributed by atoms with E-state index in [-0.39, 0.29) is 11.9 Å². The minimum atomic E-state index is -0.392. The standard InChI is InChI=1S/C13H15ClN4O2S/c1-8(12(15)19)21-13-17-16-11(18(13)2)7-20-10-6-4-3-5-9(10)14/h3-6,8H,7H2,1-2H3,(H2,15,19)/t8-/m0/s1. The van der Waals surface area contributed by atoms with Crippen LogP contribution in [0.4, 0.5) is 0 Å². The van der Waals surface area contributed by atoms with Gasteiger partial charge in [-0.05, 0) is 19.1 Å². The number of amides is 1. The summed E-state index contributed by atoms with van der Waals surface area (Å²) in [7, 11) is 1.81. The first-order valence-corrected chi connectivity index (χ1v) is 7.46. The Balaban J connectivity index is 2.04. The number of para-hydroxylation sites is 1. The molecule has 1 atom stereocenters. The summed E-state index contributed by atoms with van der Waals surface area (Å²) in [4.78, 5) is 11.1. The first-order chi connectivity index (χ1) is 9.99. The number of hydrogen-bond donors (Lipinski definition) is 1. The molecule has 0 bridgehead atoms. The van der Waals surface area contributed by atoms with Crippen molar-refractivity contribution < 1.29 is 9.53 Å². The monoisotopic (exact) mass is 326 g/mol. The molecule has 1 aromatic heterocycles. The topological polar surface area (TPSA) is 83.0 Å². The lowest BCUT2D eigenvalue weighted by atomic mass is 10.3. The second-order valence-corrected chi connectivity index (χ2v) is 6.05. The molecule has 1 amide bonds. The number of hydrogen-bond acceptors (Lipinski definition) is 5. The normalized spacial score (nSPS) is 12.1. The van der Waals surface area contributed by atoms with Crippen molar-refractivity contribution in [1.82, 2.24) is 14.8 Å². The Hall–Kier alpha value is -1.73. The van der Waals surface area contributed by atoms with Crippen molar-refractivity contribution in [2.24, 2.45) is 12.8 Å². The molecule has 0 radical (unpaired) electrons. The van der Waals surface area contributed by atoms with Crippen molar-refractivity contribution in [2.75, 3.05) is 0 Å². The molecule has 6 nitrogen and oxygen atoms in total. The van der Waals surface area contributed by atoms with Gasteiger partial charge in [-0.3, -0.25) is 4.79 Å². The predicted octanol–water partition coefficient (Wildman–Crippen LogP) is 2.01. The lowest BCUT2D eigenvalue weighted by Crippen LogP contribution is -2.23. The number of carbonyl (C=O) groups is 1. The zero-order valence-corrected chi connectivity index (χ0v) is 13.2. The number of nitrogens with zero attached hydrogens (tertiary/aromatic N) is 3. The van der Waals surface area contributed by atoms with Gasteiger partial charge in [0.1, 0.15) is 12.4 Å². The fraction of sp³-hybridized carbons (Fsp3) is 0.308. The van der Waals surface area contributed by atoms with Gasteiger partial charge in [0.25, 0.3) is 0 Å². The molecule has 0 saturated carbocycles. The maximum Gasteiger partial charge on any atom is 0.230 e. The second kappa shape index (κ2) is 6.82. The SMILES string of the molecule is C[C@H](Sc1nnc(COc2ccccc2Cl)n1C)C(N)=O. The smallest absolute Gasteiger partial charge is 0.230 e. The van der Waals surface area contributed by atoms with Gasteiger partial charge in [0.05, 0.1) is 10.3 Å². The van der Waals surface area contributed by atoms with Crippen molar-refractivity contribution in [3.8, 4) is 5.75 Å². The van der Waals surface area contributed by atoms with Crippen LogP contribution in [0.5, 0.6) is 5.75 Å². The highest BCUT2D eigenvalue weighted by Crippen LogP contribution is 2.25. The molecule has 21 heavy (non-hydrogen) atoms. The van der Waals surface area contributed by atoms with Crippen LogP contribution >= 0.6 is 23.4 Å². The minimum absolute atomic E-state index is 0.235. The largest absolute Gasteiger partial charge is 0.484 e. The molecule has 112 valence electrons. The minimum Gasteiger partial charge on any atom is -0.484 e. The molecule has 8 heteroatoms. The molecular weight excluding hydrogens is 312 g/mol. The summed E-state index contributed by atoms with van der Waals surface area (Å²) in [5.41, 5.74) is 5.24. The molecule has 1 aromatic carbocycles. The molecule has 0 aliphatic rings. The average Bonchev–Trinajstić information content (AvgIpc) is 2.79. The molecule has 0 fully saturated rings. The number of nitrogens with two attached hydrogens (primary N) is 1. The van der Waals surface area contributed by atoms with E-state index in [2.05, 4.69) is 10.2 Å². The summed E-state index contributed by atoms with van der Waals surface area (Å²) in [6, 6.07) is 7.21. The summed E-state index contributed by atoms with van der Waals surface area (Å²) in [5, 5.41) is 8.85. The third-order valence-corrected chi connectivity index (χ3v) is 4.27. The Morgan fingerprint density at radius 1 is 1.48 bits per heavy atom. The molecule has 2 N–H and O–H groups in total. The van der Waals surface area contributed by atoms with Crippen LogP contribution in [-0.4, -0.2) is 25.9 Å². The Bertz CT molecular complexity index is 647. The highest BCUT2D eigenvalue weighted by molar-refractivity contribution is 8.00. The van der Waals surface area contributed by atoms with Crippen LogP contribution in [0.25, 0.3) is 0 Å². The van der Waals surface area contributed by atoms with Crippen LogP contribution in [-0.2, 0) is 18.4 Å². The van der Waals surface area contributed by atoms with Gasteiger partial charge >= 0.3 is 0 Å². The molecule has 0 unspecified atom stereocenters. The summed E-state index contributed by atoms with van der Waals surface area (Å²) in [6.45, 7) is 1.96. The van der Waals surface area contributed by atoms with E-state index < -0.39 is 5.91 Å². The van der Waals surface area contributed by atoms with E-state index in [0.717, 1.165) is 0 Å². The van der Waals surface area contributed by atoms with Gasteiger partial charge in [-0.25, -0.2) is 0 Å². The van der Waals surface area contributed by atoms with Gasteiger partial charge in [0.2, 0.25) is 5.91 Å². The molecular formula is C13H15ClN4O2S. The number of aromatic nitrogens is 3. The highest BCUT2D eigenvalue weighted by atomic mass is 35.5. The lowest BCUT2D eigenvalue weighted by molar-refractivity contribution is -0.117. The van der Waals surface area contributed by atoms with Crippen molar-refractivity contribution in [3.63, 3.8) is 0 Å².